The molecular weight excluding hydrogens is 430 g/mol. The first-order valence-corrected chi connectivity index (χ1v) is 10.6. The standard InChI is InChI=1S/C24H26ClN3O4/c1-16(2)10-11-27-31-13-12-30-24(29)17(3)32-20-7-4-18(5-8-20)23-15-26-22-14-19(25)6-9-21(22)28-23/h4-10,14-15,17,27H,11-13H2,1-3H3/t17-/m1/s1. The molecule has 0 saturated heterocycles. The lowest BCUT2D eigenvalue weighted by molar-refractivity contribution is -0.153. The molecule has 0 aliphatic rings. The highest BCUT2D eigenvalue weighted by atomic mass is 35.5. The summed E-state index contributed by atoms with van der Waals surface area (Å²) < 4.78 is 10.9. The molecule has 1 heterocycles. The van der Waals surface area contributed by atoms with Crippen LogP contribution in [0.2, 0.25) is 5.02 Å². The minimum atomic E-state index is -0.746. The monoisotopic (exact) mass is 455 g/mol. The maximum atomic E-state index is 12.1. The average molecular weight is 456 g/mol. The van der Waals surface area contributed by atoms with Crippen LogP contribution in [-0.2, 0) is 14.4 Å². The van der Waals surface area contributed by atoms with Gasteiger partial charge < -0.3 is 9.47 Å². The second-order valence-corrected chi connectivity index (χ2v) is 7.76. The highest BCUT2D eigenvalue weighted by molar-refractivity contribution is 6.31. The van der Waals surface area contributed by atoms with Crippen molar-refractivity contribution in [3.63, 3.8) is 0 Å². The summed E-state index contributed by atoms with van der Waals surface area (Å²) in [5.41, 5.74) is 7.09. The van der Waals surface area contributed by atoms with E-state index >= 15 is 0 Å². The molecule has 7 nitrogen and oxygen atoms in total. The molecule has 2 aromatic carbocycles. The van der Waals surface area contributed by atoms with Gasteiger partial charge in [0, 0.05) is 17.1 Å². The number of hydroxylamine groups is 1. The van der Waals surface area contributed by atoms with Crippen molar-refractivity contribution in [2.24, 2.45) is 0 Å². The molecule has 0 unspecified atom stereocenters. The number of hydrogen-bond donors (Lipinski definition) is 1. The van der Waals surface area contributed by atoms with Gasteiger partial charge in [-0.2, -0.15) is 5.48 Å². The first-order chi connectivity index (χ1) is 15.4. The molecule has 1 aromatic heterocycles. The zero-order valence-electron chi connectivity index (χ0n) is 18.3. The third-order valence-electron chi connectivity index (χ3n) is 4.42. The van der Waals surface area contributed by atoms with E-state index in [4.69, 9.17) is 25.9 Å². The third kappa shape index (κ3) is 7.02. The Morgan fingerprint density at radius 1 is 1.12 bits per heavy atom. The summed E-state index contributed by atoms with van der Waals surface area (Å²) >= 11 is 5.99. The fraction of sp³-hybridized carbons (Fsp3) is 0.292. The minimum Gasteiger partial charge on any atom is -0.479 e. The third-order valence-corrected chi connectivity index (χ3v) is 4.66. The van der Waals surface area contributed by atoms with Crippen LogP contribution in [0.3, 0.4) is 0 Å². The summed E-state index contributed by atoms with van der Waals surface area (Å²) in [5, 5.41) is 0.623. The number of nitrogens with zero attached hydrogens (tertiary/aromatic N) is 2. The Morgan fingerprint density at radius 3 is 2.66 bits per heavy atom. The predicted molar refractivity (Wildman–Crippen MR) is 124 cm³/mol. The van der Waals surface area contributed by atoms with Gasteiger partial charge in [-0.25, -0.2) is 9.78 Å². The topological polar surface area (TPSA) is 82.6 Å². The molecule has 1 N–H and O–H groups in total. The number of ether oxygens (including phenoxy) is 2. The quantitative estimate of drug-likeness (QED) is 0.204. The number of fused-ring (bicyclic) bond motifs is 1. The molecule has 1 atom stereocenters. The molecule has 0 spiro atoms. The zero-order chi connectivity index (χ0) is 22.9. The number of esters is 1. The maximum Gasteiger partial charge on any atom is 0.347 e. The van der Waals surface area contributed by atoms with Crippen LogP contribution in [0, 0.1) is 0 Å². The van der Waals surface area contributed by atoms with Gasteiger partial charge in [0.25, 0.3) is 0 Å². The van der Waals surface area contributed by atoms with Crippen LogP contribution >= 0.6 is 11.6 Å². The number of nitrogens with one attached hydrogen (secondary N) is 1. The van der Waals surface area contributed by atoms with Gasteiger partial charge in [-0.05, 0) is 63.2 Å². The van der Waals surface area contributed by atoms with E-state index in [-0.39, 0.29) is 13.2 Å². The Bertz CT molecular complexity index is 1080. The number of allylic oxidation sites excluding steroid dienone is 1. The van der Waals surface area contributed by atoms with Crippen molar-refractivity contribution < 1.29 is 19.1 Å². The van der Waals surface area contributed by atoms with Crippen LogP contribution < -0.4 is 10.2 Å². The van der Waals surface area contributed by atoms with E-state index in [1.165, 1.54) is 5.57 Å². The lowest BCUT2D eigenvalue weighted by Gasteiger charge is -2.14. The minimum absolute atomic E-state index is 0.138. The van der Waals surface area contributed by atoms with Crippen molar-refractivity contribution in [3.8, 4) is 17.0 Å². The number of rotatable bonds is 10. The molecule has 0 fully saturated rings. The van der Waals surface area contributed by atoms with Gasteiger partial charge in [0.15, 0.2) is 6.10 Å². The van der Waals surface area contributed by atoms with E-state index in [1.807, 2.05) is 38.1 Å². The molecule has 3 rings (SSSR count). The van der Waals surface area contributed by atoms with Gasteiger partial charge in [-0.3, -0.25) is 9.82 Å². The maximum absolute atomic E-state index is 12.1. The van der Waals surface area contributed by atoms with Crippen molar-refractivity contribution in [3.05, 3.63) is 65.3 Å². The normalized spacial score (nSPS) is 11.8. The van der Waals surface area contributed by atoms with Crippen LogP contribution in [0.1, 0.15) is 20.8 Å². The van der Waals surface area contributed by atoms with Crippen molar-refractivity contribution in [1.82, 2.24) is 15.4 Å². The van der Waals surface area contributed by atoms with Gasteiger partial charge in [-0.15, -0.1) is 0 Å². The van der Waals surface area contributed by atoms with Crippen molar-refractivity contribution in [2.75, 3.05) is 19.8 Å². The largest absolute Gasteiger partial charge is 0.479 e. The van der Waals surface area contributed by atoms with Crippen LogP contribution in [0.5, 0.6) is 5.75 Å². The van der Waals surface area contributed by atoms with E-state index in [0.29, 0.717) is 17.3 Å². The summed E-state index contributed by atoms with van der Waals surface area (Å²) in [7, 11) is 0. The summed E-state index contributed by atoms with van der Waals surface area (Å²) in [6, 6.07) is 12.7. The molecule has 0 aliphatic heterocycles. The Labute approximate surface area is 192 Å². The van der Waals surface area contributed by atoms with E-state index in [2.05, 4.69) is 15.4 Å². The zero-order valence-corrected chi connectivity index (χ0v) is 19.1. The van der Waals surface area contributed by atoms with Gasteiger partial charge in [-0.1, -0.05) is 23.3 Å². The Hall–Kier alpha value is -3.00. The van der Waals surface area contributed by atoms with Gasteiger partial charge >= 0.3 is 5.97 Å². The molecule has 0 bridgehead atoms. The van der Waals surface area contributed by atoms with E-state index < -0.39 is 12.1 Å². The molecule has 0 amide bonds. The van der Waals surface area contributed by atoms with Crippen LogP contribution in [0.25, 0.3) is 22.3 Å². The number of halogens is 1. The van der Waals surface area contributed by atoms with Gasteiger partial charge in [0.1, 0.15) is 19.0 Å². The van der Waals surface area contributed by atoms with Gasteiger partial charge in [0.2, 0.25) is 0 Å². The summed E-state index contributed by atoms with van der Waals surface area (Å²) in [4.78, 5) is 26.3. The van der Waals surface area contributed by atoms with Crippen LogP contribution in [-0.4, -0.2) is 41.8 Å². The van der Waals surface area contributed by atoms with Gasteiger partial charge in [0.05, 0.1) is 22.9 Å². The number of aromatic nitrogens is 2. The summed E-state index contributed by atoms with van der Waals surface area (Å²) in [6.07, 6.45) is 2.95. The Balaban J connectivity index is 1.48. The van der Waals surface area contributed by atoms with Crippen molar-refractivity contribution >= 4 is 28.6 Å². The van der Waals surface area contributed by atoms with Crippen molar-refractivity contribution in [1.29, 1.82) is 0 Å². The van der Waals surface area contributed by atoms with E-state index in [0.717, 1.165) is 22.3 Å². The number of benzene rings is 2. The number of hydrogen-bond acceptors (Lipinski definition) is 7. The Kier molecular flexibility index (Phi) is 8.56. The molecule has 0 aliphatic carbocycles. The highest BCUT2D eigenvalue weighted by Gasteiger charge is 2.16. The lowest BCUT2D eigenvalue weighted by Crippen LogP contribution is -2.28. The molecule has 8 heteroatoms. The van der Waals surface area contributed by atoms with Crippen LogP contribution in [0.4, 0.5) is 0 Å². The lowest BCUT2D eigenvalue weighted by atomic mass is 10.1. The smallest absolute Gasteiger partial charge is 0.347 e. The molecule has 3 aromatic rings. The molecular formula is C24H26ClN3O4. The summed E-state index contributed by atoms with van der Waals surface area (Å²) in [5.74, 6) is 0.0967. The molecule has 32 heavy (non-hydrogen) atoms. The average Bonchev–Trinajstić information content (AvgIpc) is 2.78. The first kappa shape index (κ1) is 23.7. The predicted octanol–water partition coefficient (Wildman–Crippen LogP) is 4.75. The molecule has 0 radical (unpaired) electrons. The van der Waals surface area contributed by atoms with Crippen LogP contribution in [0.15, 0.2) is 60.3 Å². The Morgan fingerprint density at radius 2 is 1.91 bits per heavy atom. The first-order valence-electron chi connectivity index (χ1n) is 10.3. The second kappa shape index (κ2) is 11.6. The SMILES string of the molecule is CC(C)=CCNOCCOC(=O)[C@@H](C)Oc1ccc(-c2cnc3cc(Cl)ccc3n2)cc1. The highest BCUT2D eigenvalue weighted by Crippen LogP contribution is 2.24. The number of carbonyl (C=O) groups excluding carboxylic acids is 1. The number of carbonyl (C=O) groups is 1. The molecule has 0 saturated carbocycles. The van der Waals surface area contributed by atoms with E-state index in [1.54, 1.807) is 37.4 Å². The molecule has 168 valence electrons. The van der Waals surface area contributed by atoms with Crippen molar-refractivity contribution in [2.45, 2.75) is 26.9 Å². The fourth-order valence-electron chi connectivity index (χ4n) is 2.76. The summed E-state index contributed by atoms with van der Waals surface area (Å²) in [6.45, 7) is 6.65. The van der Waals surface area contributed by atoms with E-state index in [9.17, 15) is 4.79 Å². The fourth-order valence-corrected chi connectivity index (χ4v) is 2.92. The second-order valence-electron chi connectivity index (χ2n) is 7.32.